The molecule has 0 heterocycles. The monoisotopic (exact) mass is 313 g/mol. The van der Waals surface area contributed by atoms with Crippen molar-refractivity contribution in [2.75, 3.05) is 0 Å². The lowest BCUT2D eigenvalue weighted by Gasteiger charge is -2.56. The zero-order chi connectivity index (χ0) is 16.0. The molecule has 4 fully saturated rings. The van der Waals surface area contributed by atoms with Gasteiger partial charge in [0.25, 0.3) is 5.91 Å². The number of ether oxygens (including phenoxy) is 1. The number of carbonyl (C=O) groups excluding carboxylic acids is 1. The smallest absolute Gasteiger partial charge is 0.251 e. The molecule has 5 rings (SSSR count). The molecular weight excluding hydrogens is 286 g/mol. The molecule has 23 heavy (non-hydrogen) atoms. The van der Waals surface area contributed by atoms with Crippen LogP contribution in [-0.4, -0.2) is 17.6 Å². The Hall–Kier alpha value is -1.51. The molecule has 4 saturated carbocycles. The summed E-state index contributed by atoms with van der Waals surface area (Å²) >= 11 is 0. The van der Waals surface area contributed by atoms with Gasteiger partial charge in [0.15, 0.2) is 0 Å². The van der Waals surface area contributed by atoms with Crippen LogP contribution in [0, 0.1) is 17.8 Å². The topological polar surface area (TPSA) is 38.3 Å². The minimum absolute atomic E-state index is 0.0702. The van der Waals surface area contributed by atoms with Crippen LogP contribution in [0.5, 0.6) is 5.75 Å². The van der Waals surface area contributed by atoms with Crippen molar-refractivity contribution >= 4 is 5.91 Å². The molecule has 4 aliphatic carbocycles. The van der Waals surface area contributed by atoms with Gasteiger partial charge in [0.1, 0.15) is 5.75 Å². The fraction of sp³-hybridized carbons (Fsp3) is 0.650. The van der Waals surface area contributed by atoms with E-state index in [-0.39, 0.29) is 17.6 Å². The van der Waals surface area contributed by atoms with Gasteiger partial charge in [0, 0.05) is 11.1 Å². The molecule has 0 radical (unpaired) electrons. The third-order valence-corrected chi connectivity index (χ3v) is 5.88. The number of carbonyl (C=O) groups is 1. The van der Waals surface area contributed by atoms with Gasteiger partial charge in [-0.1, -0.05) is 6.07 Å². The molecule has 0 saturated heterocycles. The third kappa shape index (κ3) is 2.98. The van der Waals surface area contributed by atoms with Gasteiger partial charge in [-0.2, -0.15) is 0 Å². The normalized spacial score (nSPS) is 34.7. The summed E-state index contributed by atoms with van der Waals surface area (Å²) in [7, 11) is 0. The van der Waals surface area contributed by atoms with E-state index < -0.39 is 0 Å². The second kappa shape index (κ2) is 5.54. The fourth-order valence-electron chi connectivity index (χ4n) is 5.56. The fourth-order valence-corrected chi connectivity index (χ4v) is 5.56. The van der Waals surface area contributed by atoms with Crippen LogP contribution in [-0.2, 0) is 0 Å². The van der Waals surface area contributed by atoms with Crippen LogP contribution in [0.4, 0.5) is 0 Å². The van der Waals surface area contributed by atoms with Crippen LogP contribution in [0.3, 0.4) is 0 Å². The van der Waals surface area contributed by atoms with Crippen molar-refractivity contribution in [1.29, 1.82) is 0 Å². The number of rotatable bonds is 4. The van der Waals surface area contributed by atoms with Gasteiger partial charge in [-0.15, -0.1) is 0 Å². The van der Waals surface area contributed by atoms with E-state index in [1.165, 1.54) is 38.5 Å². The summed E-state index contributed by atoms with van der Waals surface area (Å²) in [5, 5.41) is 3.43. The molecule has 124 valence electrons. The second-order valence-corrected chi connectivity index (χ2v) is 8.35. The molecule has 4 aliphatic rings. The van der Waals surface area contributed by atoms with Gasteiger partial charge in [-0.3, -0.25) is 4.79 Å². The summed E-state index contributed by atoms with van der Waals surface area (Å²) in [6, 6.07) is 7.59. The summed E-state index contributed by atoms with van der Waals surface area (Å²) in [6.45, 7) is 4.00. The van der Waals surface area contributed by atoms with E-state index in [1.807, 2.05) is 38.1 Å². The van der Waals surface area contributed by atoms with Crippen molar-refractivity contribution in [3.05, 3.63) is 29.8 Å². The van der Waals surface area contributed by atoms with Crippen molar-refractivity contribution in [1.82, 2.24) is 5.32 Å². The van der Waals surface area contributed by atoms with Crippen molar-refractivity contribution < 1.29 is 9.53 Å². The molecule has 3 nitrogen and oxygen atoms in total. The highest BCUT2D eigenvalue weighted by atomic mass is 16.5. The van der Waals surface area contributed by atoms with Gasteiger partial charge in [0.05, 0.1) is 6.10 Å². The standard InChI is InChI=1S/C20H27NO2/c1-13(2)23-18-5-3-4-17(9-18)19(22)21-20-10-14-6-15(11-20)8-16(7-14)12-20/h3-5,9,13-16H,6-8,10-12H2,1-2H3,(H,21,22). The van der Waals surface area contributed by atoms with Crippen LogP contribution >= 0.6 is 0 Å². The summed E-state index contributed by atoms with van der Waals surface area (Å²) in [5.41, 5.74) is 0.791. The predicted octanol–water partition coefficient (Wildman–Crippen LogP) is 4.17. The molecule has 3 heteroatoms. The van der Waals surface area contributed by atoms with Crippen LogP contribution in [0.1, 0.15) is 62.7 Å². The van der Waals surface area contributed by atoms with Crippen molar-refractivity contribution in [2.45, 2.75) is 64.0 Å². The largest absolute Gasteiger partial charge is 0.491 e. The number of hydrogen-bond donors (Lipinski definition) is 1. The Balaban J connectivity index is 1.50. The number of hydrogen-bond acceptors (Lipinski definition) is 2. The Labute approximate surface area is 138 Å². The molecule has 1 aromatic rings. The zero-order valence-electron chi connectivity index (χ0n) is 14.2. The van der Waals surface area contributed by atoms with Crippen molar-refractivity contribution in [3.8, 4) is 5.75 Å². The van der Waals surface area contributed by atoms with E-state index in [4.69, 9.17) is 4.74 Å². The molecule has 0 aliphatic heterocycles. The maximum absolute atomic E-state index is 12.8. The Morgan fingerprint density at radius 2 is 1.74 bits per heavy atom. The summed E-state index contributed by atoms with van der Waals surface area (Å²) in [6.07, 6.45) is 7.87. The van der Waals surface area contributed by atoms with Crippen LogP contribution in [0.25, 0.3) is 0 Å². The Kier molecular flexibility index (Phi) is 3.62. The van der Waals surface area contributed by atoms with Gasteiger partial charge in [-0.25, -0.2) is 0 Å². The van der Waals surface area contributed by atoms with E-state index in [9.17, 15) is 4.79 Å². The highest BCUT2D eigenvalue weighted by molar-refractivity contribution is 5.95. The molecule has 1 aromatic carbocycles. The molecule has 0 unspecified atom stereocenters. The van der Waals surface area contributed by atoms with Crippen molar-refractivity contribution in [2.24, 2.45) is 17.8 Å². The Morgan fingerprint density at radius 1 is 1.13 bits per heavy atom. The highest BCUT2D eigenvalue weighted by Crippen LogP contribution is 2.55. The Morgan fingerprint density at radius 3 is 2.30 bits per heavy atom. The minimum Gasteiger partial charge on any atom is -0.491 e. The summed E-state index contributed by atoms with van der Waals surface area (Å²) < 4.78 is 5.72. The summed E-state index contributed by atoms with van der Waals surface area (Å²) in [5.74, 6) is 3.38. The third-order valence-electron chi connectivity index (χ3n) is 5.88. The number of amides is 1. The first-order valence-corrected chi connectivity index (χ1v) is 9.10. The van der Waals surface area contributed by atoms with Gasteiger partial charge in [-0.05, 0) is 88.3 Å². The van der Waals surface area contributed by atoms with Crippen LogP contribution < -0.4 is 10.1 Å². The lowest BCUT2D eigenvalue weighted by molar-refractivity contribution is -0.0167. The average Bonchev–Trinajstić information content (AvgIpc) is 2.44. The molecular formula is C20H27NO2. The van der Waals surface area contributed by atoms with Gasteiger partial charge >= 0.3 is 0 Å². The lowest BCUT2D eigenvalue weighted by Crippen LogP contribution is -2.59. The first kappa shape index (κ1) is 15.0. The van der Waals surface area contributed by atoms with E-state index in [0.29, 0.717) is 0 Å². The molecule has 0 spiro atoms. The predicted molar refractivity (Wildman–Crippen MR) is 90.6 cm³/mol. The summed E-state index contributed by atoms with van der Waals surface area (Å²) in [4.78, 5) is 12.8. The van der Waals surface area contributed by atoms with E-state index in [0.717, 1.165) is 29.1 Å². The SMILES string of the molecule is CC(C)Oc1cccc(C(=O)NC23CC4CC(CC(C4)C2)C3)c1. The van der Waals surface area contributed by atoms with Gasteiger partial charge in [0.2, 0.25) is 0 Å². The number of nitrogens with one attached hydrogen (secondary N) is 1. The quantitative estimate of drug-likeness (QED) is 0.906. The maximum Gasteiger partial charge on any atom is 0.251 e. The second-order valence-electron chi connectivity index (χ2n) is 8.35. The first-order chi connectivity index (χ1) is 11.0. The molecule has 1 N–H and O–H groups in total. The molecule has 0 atom stereocenters. The highest BCUT2D eigenvalue weighted by Gasteiger charge is 2.51. The van der Waals surface area contributed by atoms with Gasteiger partial charge < -0.3 is 10.1 Å². The van der Waals surface area contributed by atoms with E-state index in [2.05, 4.69) is 5.32 Å². The lowest BCUT2D eigenvalue weighted by atomic mass is 9.53. The van der Waals surface area contributed by atoms with Crippen LogP contribution in [0.2, 0.25) is 0 Å². The molecule has 0 aromatic heterocycles. The van der Waals surface area contributed by atoms with E-state index >= 15 is 0 Å². The zero-order valence-corrected chi connectivity index (χ0v) is 14.2. The number of benzene rings is 1. The molecule has 4 bridgehead atoms. The average molecular weight is 313 g/mol. The minimum atomic E-state index is 0.0702. The molecule has 1 amide bonds. The van der Waals surface area contributed by atoms with E-state index in [1.54, 1.807) is 0 Å². The first-order valence-electron chi connectivity index (χ1n) is 9.10. The Bertz CT molecular complexity index is 572. The maximum atomic E-state index is 12.8. The van der Waals surface area contributed by atoms with Crippen LogP contribution in [0.15, 0.2) is 24.3 Å². The van der Waals surface area contributed by atoms with Crippen molar-refractivity contribution in [3.63, 3.8) is 0 Å².